The Hall–Kier alpha value is -5.33. The van der Waals surface area contributed by atoms with E-state index in [2.05, 4.69) is 28.5 Å². The van der Waals surface area contributed by atoms with Crippen molar-refractivity contribution in [1.82, 2.24) is 15.1 Å². The van der Waals surface area contributed by atoms with Crippen molar-refractivity contribution in [2.24, 2.45) is 17.8 Å². The summed E-state index contributed by atoms with van der Waals surface area (Å²) in [5, 5.41) is 13.3. The topological polar surface area (TPSA) is 160 Å². The van der Waals surface area contributed by atoms with Crippen molar-refractivity contribution in [1.29, 1.82) is 0 Å². The van der Waals surface area contributed by atoms with Gasteiger partial charge in [-0.25, -0.2) is 23.2 Å². The molecule has 12 nitrogen and oxygen atoms in total. The van der Waals surface area contributed by atoms with Crippen LogP contribution in [0.4, 0.5) is 31.5 Å². The molecular formula is C57H60Cl4F5N3O9. The van der Waals surface area contributed by atoms with Crippen molar-refractivity contribution in [2.75, 3.05) is 0 Å². The fourth-order valence-electron chi connectivity index (χ4n) is 10.1. The summed E-state index contributed by atoms with van der Waals surface area (Å²) in [6.45, 7) is 10.7. The molecular weight excluding hydrogens is 1110 g/mol. The quantitative estimate of drug-likeness (QED) is 0.116. The first-order chi connectivity index (χ1) is 36.4. The van der Waals surface area contributed by atoms with Gasteiger partial charge < -0.3 is 19.9 Å². The molecule has 10 rings (SSSR count). The molecule has 6 aliphatic rings. The molecule has 3 aliphatic heterocycles. The maximum atomic E-state index is 15.2. The Morgan fingerprint density at radius 3 is 1.40 bits per heavy atom. The van der Waals surface area contributed by atoms with Gasteiger partial charge in [-0.1, -0.05) is 119 Å². The van der Waals surface area contributed by atoms with Crippen molar-refractivity contribution >= 4 is 81.9 Å². The predicted molar refractivity (Wildman–Crippen MR) is 285 cm³/mol. The lowest BCUT2D eigenvalue weighted by Gasteiger charge is -2.30. The van der Waals surface area contributed by atoms with E-state index in [0.29, 0.717) is 80.1 Å². The number of hydrogen-bond acceptors (Lipinski definition) is 9. The van der Waals surface area contributed by atoms with Crippen LogP contribution < -0.4 is 5.32 Å². The number of benzene rings is 4. The summed E-state index contributed by atoms with van der Waals surface area (Å²) in [4.78, 5) is 71.7. The molecule has 78 heavy (non-hydrogen) atoms. The smallest absolute Gasteiger partial charge is 0.452 e. The van der Waals surface area contributed by atoms with Crippen LogP contribution in [0.15, 0.2) is 84.9 Å². The minimum atomic E-state index is -4.92. The number of carbonyl (C=O) groups is 6. The molecule has 0 bridgehead atoms. The van der Waals surface area contributed by atoms with E-state index in [0.717, 1.165) is 19.3 Å². The lowest BCUT2D eigenvalue weighted by Crippen LogP contribution is -2.46. The fraction of sp³-hybridized carbons (Fsp3) is 0.474. The molecule has 4 aromatic rings. The highest BCUT2D eigenvalue weighted by Crippen LogP contribution is 2.50. The third-order valence-electron chi connectivity index (χ3n) is 14.0. The summed E-state index contributed by atoms with van der Waals surface area (Å²) >= 11 is 21.6. The third-order valence-corrected chi connectivity index (χ3v) is 15.1. The third kappa shape index (κ3) is 15.1. The van der Waals surface area contributed by atoms with Crippen molar-refractivity contribution in [3.63, 3.8) is 0 Å². The first-order valence-electron chi connectivity index (χ1n) is 25.4. The van der Waals surface area contributed by atoms with Gasteiger partial charge in [0.15, 0.2) is 16.4 Å². The fourth-order valence-corrected chi connectivity index (χ4v) is 10.8. The molecule has 0 aromatic heterocycles. The second-order valence-corrected chi connectivity index (χ2v) is 24.2. The largest absolute Gasteiger partial charge is 0.480 e. The summed E-state index contributed by atoms with van der Waals surface area (Å²) in [5.74, 6) is -2.59. The van der Waals surface area contributed by atoms with E-state index < -0.39 is 64.1 Å². The van der Waals surface area contributed by atoms with Crippen molar-refractivity contribution in [3.05, 3.63) is 118 Å². The van der Waals surface area contributed by atoms with Gasteiger partial charge in [-0.15, -0.1) is 0 Å². The minimum Gasteiger partial charge on any atom is -0.480 e. The number of hydrogen-bond donors (Lipinski definition) is 2. The molecule has 2 amide bonds. The number of carboxylic acids is 1. The van der Waals surface area contributed by atoms with Gasteiger partial charge in [0.05, 0.1) is 12.1 Å². The van der Waals surface area contributed by atoms with Crippen LogP contribution in [-0.4, -0.2) is 109 Å². The van der Waals surface area contributed by atoms with Crippen LogP contribution in [0.3, 0.4) is 0 Å². The predicted octanol–water partition coefficient (Wildman–Crippen LogP) is 13.1. The number of carboxylic acid groups (broad SMARTS) is 1. The highest BCUT2D eigenvalue weighted by molar-refractivity contribution is 6.54. The molecule has 4 aromatic carbocycles. The van der Waals surface area contributed by atoms with E-state index in [-0.39, 0.29) is 48.4 Å². The summed E-state index contributed by atoms with van der Waals surface area (Å²) < 4.78 is 74.3. The lowest BCUT2D eigenvalue weighted by molar-refractivity contribution is -0.169. The van der Waals surface area contributed by atoms with Gasteiger partial charge in [0.25, 0.3) is 5.78 Å². The monoisotopic (exact) mass is 1170 g/mol. The maximum absolute atomic E-state index is 15.2. The van der Waals surface area contributed by atoms with Crippen molar-refractivity contribution in [3.8, 4) is 22.3 Å². The molecule has 0 unspecified atom stereocenters. The van der Waals surface area contributed by atoms with Crippen LogP contribution in [-0.2, 0) is 41.5 Å². The number of alkyl halides is 5. The molecule has 3 saturated heterocycles. The number of nitrogens with one attached hydrogen (secondary N) is 1. The van der Waals surface area contributed by atoms with Gasteiger partial charge in [0, 0.05) is 63.3 Å². The number of amides is 2. The number of likely N-dealkylation sites (tertiary alicyclic amines) is 2. The molecule has 420 valence electrons. The van der Waals surface area contributed by atoms with Crippen LogP contribution in [0, 0.1) is 29.4 Å². The average Bonchev–Trinajstić information content (AvgIpc) is 4.41. The SMILES string of the molecule is CC(C)(C)OC(=O)N1[C@@H]2C[C@@H]2C[C@H]1C(=O)Cc1cccc(-c2ccccc2Cl)c1F.CC(C)(C)OC(=O)N1[C@@H]2C[C@@H]2C[C@H]1C(=O)O.O=C(C(Cl)Cl)C(F)(F)F.O=C(Cc1cccc(-c2ccccc2Cl)c1F)[C@@H]1C[C@H]2C[C@H]2N1. The highest BCUT2D eigenvalue weighted by atomic mass is 35.5. The first-order valence-corrected chi connectivity index (χ1v) is 27.1. The molecule has 3 aliphatic carbocycles. The summed E-state index contributed by atoms with van der Waals surface area (Å²) in [5.41, 5.74) is 1.59. The van der Waals surface area contributed by atoms with Crippen LogP contribution >= 0.6 is 46.4 Å². The van der Waals surface area contributed by atoms with Crippen LogP contribution in [0.1, 0.15) is 91.2 Å². The number of fused-ring (bicyclic) bond motifs is 3. The van der Waals surface area contributed by atoms with E-state index in [4.69, 9.17) is 37.8 Å². The van der Waals surface area contributed by atoms with Gasteiger partial charge >= 0.3 is 24.3 Å². The van der Waals surface area contributed by atoms with E-state index in [1.165, 1.54) is 11.3 Å². The Kier molecular flexibility index (Phi) is 18.7. The number of rotatable bonds is 10. The van der Waals surface area contributed by atoms with Crippen LogP contribution in [0.5, 0.6) is 0 Å². The van der Waals surface area contributed by atoms with Crippen molar-refractivity contribution in [2.45, 2.75) is 151 Å². The first kappa shape index (κ1) is 60.3. The van der Waals surface area contributed by atoms with E-state index in [1.54, 1.807) is 119 Å². The number of ether oxygens (including phenoxy) is 2. The molecule has 0 radical (unpaired) electrons. The summed E-state index contributed by atoms with van der Waals surface area (Å²) in [6.07, 6.45) is -0.741. The summed E-state index contributed by atoms with van der Waals surface area (Å²) in [7, 11) is 0. The molecule has 3 heterocycles. The van der Waals surface area contributed by atoms with Gasteiger partial charge in [-0.3, -0.25) is 24.2 Å². The highest BCUT2D eigenvalue weighted by Gasteiger charge is 2.58. The van der Waals surface area contributed by atoms with E-state index in [9.17, 15) is 46.3 Å². The minimum absolute atomic E-state index is 0.0631. The Morgan fingerprint density at radius 2 is 1.01 bits per heavy atom. The maximum Gasteiger partial charge on any atom is 0.452 e. The number of piperidine rings is 3. The molecule has 9 atom stereocenters. The zero-order valence-electron chi connectivity index (χ0n) is 43.5. The van der Waals surface area contributed by atoms with Gasteiger partial charge in [-0.2, -0.15) is 13.2 Å². The zero-order valence-corrected chi connectivity index (χ0v) is 46.5. The molecule has 21 heteroatoms. The number of carbonyl (C=O) groups excluding carboxylic acids is 5. The zero-order chi connectivity index (χ0) is 57.3. The van der Waals surface area contributed by atoms with Crippen molar-refractivity contribution < 1.29 is 65.3 Å². The molecule has 0 spiro atoms. The van der Waals surface area contributed by atoms with E-state index >= 15 is 4.39 Å². The molecule has 2 N–H and O–H groups in total. The Bertz CT molecular complexity index is 2920. The molecule has 6 fully saturated rings. The molecule has 3 saturated carbocycles. The van der Waals surface area contributed by atoms with Gasteiger partial charge in [-0.05, 0) is 121 Å². The number of halogens is 9. The lowest BCUT2D eigenvalue weighted by atomic mass is 9.96. The van der Waals surface area contributed by atoms with E-state index in [1.807, 2.05) is 12.1 Å². The summed E-state index contributed by atoms with van der Waals surface area (Å²) in [6, 6.07) is 23.7. The number of nitrogens with zero attached hydrogens (tertiary/aromatic N) is 2. The van der Waals surface area contributed by atoms with Gasteiger partial charge in [0.2, 0.25) is 0 Å². The van der Waals surface area contributed by atoms with Crippen LogP contribution in [0.2, 0.25) is 10.0 Å². The Balaban J connectivity index is 0.000000163. The number of Topliss-reactive ketones (excluding diaryl/α,β-unsaturated/α-hetero) is 3. The average molecular weight is 1170 g/mol. The number of aliphatic carboxylic acids is 1. The van der Waals surface area contributed by atoms with Gasteiger partial charge in [0.1, 0.15) is 28.9 Å². The second-order valence-electron chi connectivity index (χ2n) is 22.3. The Labute approximate surface area is 469 Å². The Morgan fingerprint density at radius 1 is 0.590 bits per heavy atom. The number of ketones is 3. The standard InChI is InChI=1S/C24H25ClFNO3.C19H17ClFNO.C11H17NO4.C3HCl2F3O/c1-24(2,3)30-23(29)27-19-11-15(19)12-20(27)21(28)13-14-7-6-9-17(22(14)26)16-8-4-5-10-18(16)25;20-15-7-2-1-5-13(15)14-6-3-4-11(19(14)21)10-18(23)17-9-12-8-16(12)22-17;1-11(2,3)16-10(15)12-7-4-6(7)5-8(12)9(13)14;4-2(5)1(9)3(6,7)8/h4-10,15,19-20H,11-13H2,1-3H3;1-7,12,16-17,22H,8-10H2;6-8H,4-5H2,1-3H3,(H,13,14);2H/t15-,19-,20+;12-,16-,17+;6-,7-,8+;/m111./s1. The second kappa shape index (κ2) is 24.2. The van der Waals surface area contributed by atoms with Crippen LogP contribution in [0.25, 0.3) is 22.3 Å². The normalized spacial score (nSPS) is 24.1.